The second-order valence-electron chi connectivity index (χ2n) is 21.9. The minimum Gasteiger partial charge on any atom is -0.308 e. The Morgan fingerprint density at radius 3 is 0.875 bits per heavy atom. The number of nitrogens with zero attached hydrogens (tertiary/aromatic N) is 3. The van der Waals surface area contributed by atoms with Crippen LogP contribution >= 0.6 is 0 Å². The van der Waals surface area contributed by atoms with E-state index in [0.717, 1.165) is 117 Å². The molecule has 10 aromatic carbocycles. The Bertz CT molecular complexity index is 4070. The number of benzene rings is 10. The number of fused-ring (bicyclic) bond motifs is 6. The summed E-state index contributed by atoms with van der Waals surface area (Å²) in [6, 6.07) is 57.3. The first kappa shape index (κ1) is 51.6. The van der Waals surface area contributed by atoms with Gasteiger partial charge in [0.2, 0.25) is 0 Å². The highest BCUT2D eigenvalue weighted by Crippen LogP contribution is 2.47. The van der Waals surface area contributed by atoms with Crippen LogP contribution in [-0.4, -0.2) is 9.13 Å². The van der Waals surface area contributed by atoms with E-state index in [-0.39, 0.29) is 28.6 Å². The normalized spacial score (nSPS) is 12.1. The maximum atomic E-state index is 15.5. The van der Waals surface area contributed by atoms with Crippen LogP contribution in [0.5, 0.6) is 0 Å². The van der Waals surface area contributed by atoms with Gasteiger partial charge >= 0.3 is 12.4 Å². The topological polar surface area (TPSA) is 33.6 Å². The van der Waals surface area contributed by atoms with Gasteiger partial charge in [0.1, 0.15) is 11.6 Å². The van der Waals surface area contributed by atoms with Gasteiger partial charge in [-0.25, -0.2) is 0 Å². The number of aryl methyl sites for hydroxylation is 8. The van der Waals surface area contributed by atoms with Gasteiger partial charge in [-0.1, -0.05) is 148 Å². The minimum atomic E-state index is -5.20. The van der Waals surface area contributed by atoms with Crippen molar-refractivity contribution in [3.05, 3.63) is 237 Å². The van der Waals surface area contributed by atoms with Crippen molar-refractivity contribution in [2.45, 2.75) is 67.7 Å². The average Bonchev–Trinajstić information content (AvgIpc) is 4.15. The lowest BCUT2D eigenvalue weighted by molar-refractivity contribution is -0.142. The summed E-state index contributed by atoms with van der Waals surface area (Å²) in [4.78, 5) is 0. The molecule has 2 heterocycles. The molecule has 0 amide bonds. The molecule has 0 radical (unpaired) electrons. The zero-order chi connectivity index (χ0) is 56.3. The maximum absolute atomic E-state index is 15.5. The first-order valence-electron chi connectivity index (χ1n) is 26.5. The third kappa shape index (κ3) is 9.18. The van der Waals surface area contributed by atoms with E-state index in [0.29, 0.717) is 28.1 Å². The summed E-state index contributed by atoms with van der Waals surface area (Å²) < 4.78 is 93.5. The largest absolute Gasteiger partial charge is 0.417 e. The highest BCUT2D eigenvalue weighted by atomic mass is 19.4. The Morgan fingerprint density at radius 2 is 0.613 bits per heavy atom. The first-order chi connectivity index (χ1) is 38.1. The molecule has 80 heavy (non-hydrogen) atoms. The predicted molar refractivity (Wildman–Crippen MR) is 315 cm³/mol. The smallest absolute Gasteiger partial charge is 0.308 e. The molecule has 12 aromatic rings. The molecular weight excluding hydrogens is 1010 g/mol. The van der Waals surface area contributed by atoms with E-state index in [4.69, 9.17) is 0 Å². The fourth-order valence-corrected chi connectivity index (χ4v) is 12.3. The van der Waals surface area contributed by atoms with Crippen molar-refractivity contribution in [1.82, 2.24) is 9.13 Å². The van der Waals surface area contributed by atoms with Gasteiger partial charge in [-0.05, 0) is 184 Å². The highest BCUT2D eigenvalue weighted by molar-refractivity contribution is 6.14. The summed E-state index contributed by atoms with van der Waals surface area (Å²) in [6.07, 6.45) is -10.3. The van der Waals surface area contributed by atoms with Crippen molar-refractivity contribution in [1.29, 1.82) is 5.26 Å². The number of hydrogen-bond acceptors (Lipinski definition) is 1. The molecule has 9 heteroatoms. The quantitative estimate of drug-likeness (QED) is 0.146. The van der Waals surface area contributed by atoms with Crippen LogP contribution in [0.4, 0.5) is 26.3 Å². The summed E-state index contributed by atoms with van der Waals surface area (Å²) in [6.45, 7) is 16.4. The van der Waals surface area contributed by atoms with Gasteiger partial charge in [0.15, 0.2) is 0 Å². The number of alkyl halides is 6. The first-order valence-corrected chi connectivity index (χ1v) is 26.5. The second kappa shape index (κ2) is 19.1. The highest BCUT2D eigenvalue weighted by Gasteiger charge is 2.39. The summed E-state index contributed by atoms with van der Waals surface area (Å²) in [5, 5.41) is 15.2. The van der Waals surface area contributed by atoms with Crippen molar-refractivity contribution in [2.24, 2.45) is 0 Å². The van der Waals surface area contributed by atoms with E-state index < -0.39 is 29.0 Å². The summed E-state index contributed by atoms with van der Waals surface area (Å²) in [7, 11) is 0. The van der Waals surface area contributed by atoms with Crippen molar-refractivity contribution >= 4 is 43.6 Å². The van der Waals surface area contributed by atoms with Gasteiger partial charge < -0.3 is 9.13 Å². The van der Waals surface area contributed by atoms with E-state index in [1.54, 1.807) is 0 Å². The fraction of sp³-hybridized carbons (Fsp3) is 0.141. The Balaban J connectivity index is 1.22. The van der Waals surface area contributed by atoms with E-state index in [2.05, 4.69) is 159 Å². The van der Waals surface area contributed by atoms with Crippen LogP contribution in [0.2, 0.25) is 0 Å². The number of halogens is 6. The zero-order valence-electron chi connectivity index (χ0n) is 45.4. The second-order valence-corrected chi connectivity index (χ2v) is 21.9. The molecule has 2 aromatic heterocycles. The molecule has 0 fully saturated rings. The van der Waals surface area contributed by atoms with Crippen molar-refractivity contribution in [2.75, 3.05) is 0 Å². The molecule has 12 rings (SSSR count). The van der Waals surface area contributed by atoms with Crippen LogP contribution in [0.1, 0.15) is 61.2 Å². The molecule has 0 saturated heterocycles. The third-order valence-electron chi connectivity index (χ3n) is 15.4. The summed E-state index contributed by atoms with van der Waals surface area (Å²) in [5.41, 5.74) is 16.5. The van der Waals surface area contributed by atoms with Crippen LogP contribution in [0.15, 0.2) is 176 Å². The lowest BCUT2D eigenvalue weighted by Crippen LogP contribution is -2.12. The molecule has 394 valence electrons. The van der Waals surface area contributed by atoms with Gasteiger partial charge in [0, 0.05) is 21.5 Å². The Labute approximate surface area is 460 Å². The monoisotopic (exact) mass is 1060 g/mol. The lowest BCUT2D eigenvalue weighted by Gasteiger charge is -2.21. The van der Waals surface area contributed by atoms with E-state index in [1.807, 2.05) is 57.7 Å². The summed E-state index contributed by atoms with van der Waals surface area (Å²) >= 11 is 0. The van der Waals surface area contributed by atoms with Gasteiger partial charge in [-0.2, -0.15) is 31.6 Å². The third-order valence-corrected chi connectivity index (χ3v) is 15.4. The number of nitriles is 1. The number of hydrogen-bond donors (Lipinski definition) is 0. The molecule has 0 N–H and O–H groups in total. The van der Waals surface area contributed by atoms with Crippen molar-refractivity contribution in [3.8, 4) is 73.1 Å². The Kier molecular flexibility index (Phi) is 12.3. The number of aromatic nitrogens is 2. The average molecular weight is 1060 g/mol. The van der Waals surface area contributed by atoms with E-state index >= 15 is 13.2 Å². The van der Waals surface area contributed by atoms with E-state index in [9.17, 15) is 18.4 Å². The van der Waals surface area contributed by atoms with Gasteiger partial charge in [0.05, 0.1) is 44.6 Å². The molecule has 0 unspecified atom stereocenters. The molecule has 0 aliphatic carbocycles. The van der Waals surface area contributed by atoms with Crippen LogP contribution in [0.3, 0.4) is 0 Å². The SMILES string of the molecule is Cc1cc(C)cc(-c2ccc3c(c2)c2cc(-c4cc(C)cc(C)c4)ccc2n3-c2cc(-c3ccc(C(F)(F)F)cc3C(F)(F)F)cc(-n3c4ccc(-c5cc(C)cc(C)c5)cc4c4cc(-c5cc(C)cc(C)c5)ccc43)c2C#N)c1. The maximum Gasteiger partial charge on any atom is 0.417 e. The molecule has 0 spiro atoms. The minimum absolute atomic E-state index is 0.0301. The fourth-order valence-electron chi connectivity index (χ4n) is 12.3. The molecule has 0 saturated carbocycles. The van der Waals surface area contributed by atoms with Crippen LogP contribution in [0.25, 0.3) is 111 Å². The van der Waals surface area contributed by atoms with Crippen molar-refractivity contribution in [3.63, 3.8) is 0 Å². The van der Waals surface area contributed by atoms with Gasteiger partial charge in [-0.3, -0.25) is 0 Å². The Hall–Kier alpha value is -9.13. The Morgan fingerprint density at radius 1 is 0.312 bits per heavy atom. The lowest BCUT2D eigenvalue weighted by atomic mass is 9.94. The van der Waals surface area contributed by atoms with Gasteiger partial charge in [-0.15, -0.1) is 0 Å². The van der Waals surface area contributed by atoms with Crippen LogP contribution < -0.4 is 0 Å². The van der Waals surface area contributed by atoms with Crippen LogP contribution in [-0.2, 0) is 12.4 Å². The van der Waals surface area contributed by atoms with Gasteiger partial charge in [0.25, 0.3) is 0 Å². The predicted octanol–water partition coefficient (Wildman–Crippen LogP) is 20.6. The molecular formula is C71H53F6N3. The zero-order valence-corrected chi connectivity index (χ0v) is 45.4. The molecule has 3 nitrogen and oxygen atoms in total. The van der Waals surface area contributed by atoms with E-state index in [1.165, 1.54) is 12.1 Å². The number of rotatable bonds is 7. The van der Waals surface area contributed by atoms with Crippen LogP contribution in [0, 0.1) is 66.7 Å². The standard InChI is InChI=1S/C71H53F6N3/c1-39-19-40(2)24-51(23-39)47-9-15-64-58(31-47)59-32-48(52-25-41(3)20-42(4)26-52)10-16-65(59)79(64)68-35-55(57-14-13-56(70(72,73)74)37-63(57)71(75,76)77)36-69(62(68)38-78)80-66-17-11-49(53-27-43(5)21-44(6)28-53)33-60(66)61-34-50(12-18-67(61)80)54-29-45(7)22-46(8)30-54/h9-37H,1-8H3. The van der Waals surface area contributed by atoms with Crippen molar-refractivity contribution < 1.29 is 26.3 Å². The molecule has 0 bridgehead atoms. The molecule has 0 aliphatic heterocycles. The summed E-state index contributed by atoms with van der Waals surface area (Å²) in [5.74, 6) is 0. The molecule has 0 atom stereocenters. The molecule has 0 aliphatic rings.